The quantitative estimate of drug-likeness (QED) is 0.850. The number of tetrazole rings is 2. The van der Waals surface area contributed by atoms with Crippen LogP contribution in [0.15, 0.2) is 0 Å². The monoisotopic (exact) mass is 280 g/mol. The van der Waals surface area contributed by atoms with Gasteiger partial charge >= 0.3 is 0 Å². The maximum absolute atomic E-state index is 4.20. The molecule has 0 aliphatic carbocycles. The first-order chi connectivity index (χ1) is 9.32. The molecular weight excluding hydrogens is 256 g/mol. The molecule has 0 aromatic carbocycles. The van der Waals surface area contributed by atoms with Crippen LogP contribution in [-0.2, 0) is 7.05 Å². The molecule has 8 heteroatoms. The Bertz CT molecular complexity index is 489. The van der Waals surface area contributed by atoms with Gasteiger partial charge in [0.1, 0.15) is 0 Å². The van der Waals surface area contributed by atoms with Crippen LogP contribution in [0.1, 0.15) is 71.1 Å². The van der Waals surface area contributed by atoms with Gasteiger partial charge in [0, 0.05) is 18.9 Å². The molecule has 0 unspecified atom stereocenters. The first kappa shape index (κ1) is 16.2. The Labute approximate surface area is 119 Å². The van der Waals surface area contributed by atoms with E-state index in [1.165, 1.54) is 0 Å². The molecule has 112 valence electrons. The Morgan fingerprint density at radius 3 is 1.75 bits per heavy atom. The second-order valence-corrected chi connectivity index (χ2v) is 5.53. The van der Waals surface area contributed by atoms with Crippen LogP contribution in [-0.4, -0.2) is 40.4 Å². The van der Waals surface area contributed by atoms with Crippen LogP contribution >= 0.6 is 0 Å². The van der Waals surface area contributed by atoms with Crippen molar-refractivity contribution in [3.8, 4) is 0 Å². The fourth-order valence-corrected chi connectivity index (χ4v) is 1.41. The Morgan fingerprint density at radius 1 is 0.850 bits per heavy atom. The normalized spacial score (nSPS) is 11.1. The summed E-state index contributed by atoms with van der Waals surface area (Å²) >= 11 is 0. The summed E-state index contributed by atoms with van der Waals surface area (Å²) in [5, 5.41) is 23.1. The summed E-state index contributed by atoms with van der Waals surface area (Å²) in [6, 6.07) is 0.301. The molecule has 0 saturated heterocycles. The van der Waals surface area contributed by atoms with E-state index in [2.05, 4.69) is 58.6 Å². The second kappa shape index (κ2) is 7.06. The number of hydrogen-bond donors (Lipinski definition) is 0. The maximum Gasteiger partial charge on any atom is 0.177 e. The molecule has 0 amide bonds. The molecular formula is C12H24N8. The summed E-state index contributed by atoms with van der Waals surface area (Å²) in [5.74, 6) is 2.52. The smallest absolute Gasteiger partial charge is 0.177 e. The molecule has 0 fully saturated rings. The third kappa shape index (κ3) is 4.36. The molecule has 0 saturated carbocycles. The highest BCUT2D eigenvalue weighted by atomic mass is 15.6. The van der Waals surface area contributed by atoms with Crippen molar-refractivity contribution in [2.45, 2.75) is 59.4 Å². The van der Waals surface area contributed by atoms with Gasteiger partial charge in [-0.25, -0.2) is 4.68 Å². The van der Waals surface area contributed by atoms with E-state index in [4.69, 9.17) is 0 Å². The molecule has 0 N–H and O–H groups in total. The van der Waals surface area contributed by atoms with Crippen LogP contribution in [0.5, 0.6) is 0 Å². The van der Waals surface area contributed by atoms with Gasteiger partial charge in [-0.1, -0.05) is 27.7 Å². The van der Waals surface area contributed by atoms with Crippen molar-refractivity contribution in [1.29, 1.82) is 0 Å². The topological polar surface area (TPSA) is 87.2 Å². The molecule has 2 aromatic rings. The van der Waals surface area contributed by atoms with Gasteiger partial charge in [-0.05, 0) is 29.5 Å². The van der Waals surface area contributed by atoms with E-state index < -0.39 is 0 Å². The van der Waals surface area contributed by atoms with Crippen LogP contribution in [0, 0.1) is 0 Å². The van der Waals surface area contributed by atoms with Gasteiger partial charge in [0.25, 0.3) is 0 Å². The fraction of sp³-hybridized carbons (Fsp3) is 0.833. The minimum Gasteiger partial charge on any atom is -0.232 e. The largest absolute Gasteiger partial charge is 0.232 e. The highest BCUT2D eigenvalue weighted by Crippen LogP contribution is 2.07. The highest BCUT2D eigenvalue weighted by molar-refractivity contribution is 4.86. The van der Waals surface area contributed by atoms with E-state index in [0.717, 1.165) is 11.6 Å². The first-order valence-electron chi connectivity index (χ1n) is 6.84. The third-order valence-corrected chi connectivity index (χ3v) is 2.59. The fourth-order valence-electron chi connectivity index (χ4n) is 1.41. The Morgan fingerprint density at radius 2 is 1.50 bits per heavy atom. The van der Waals surface area contributed by atoms with Crippen LogP contribution in [0.3, 0.4) is 0 Å². The lowest BCUT2D eigenvalue weighted by Crippen LogP contribution is -2.05. The van der Waals surface area contributed by atoms with Gasteiger partial charge < -0.3 is 0 Å². The van der Waals surface area contributed by atoms with E-state index in [0.29, 0.717) is 17.9 Å². The molecule has 0 aliphatic rings. The van der Waals surface area contributed by atoms with E-state index in [-0.39, 0.29) is 0 Å². The lowest BCUT2D eigenvalue weighted by Gasteiger charge is -1.99. The van der Waals surface area contributed by atoms with Crippen LogP contribution in [0.25, 0.3) is 0 Å². The van der Waals surface area contributed by atoms with Crippen LogP contribution < -0.4 is 0 Å². The molecule has 0 bridgehead atoms. The van der Waals surface area contributed by atoms with Gasteiger partial charge in [-0.2, -0.15) is 4.80 Å². The molecule has 0 atom stereocenters. The van der Waals surface area contributed by atoms with Crippen molar-refractivity contribution in [1.82, 2.24) is 40.4 Å². The van der Waals surface area contributed by atoms with Crippen molar-refractivity contribution >= 4 is 0 Å². The maximum atomic E-state index is 4.20. The molecule has 0 aliphatic heterocycles. The number of aromatic nitrogens is 8. The zero-order chi connectivity index (χ0) is 15.3. The summed E-state index contributed by atoms with van der Waals surface area (Å²) < 4.78 is 1.69. The first-order valence-corrected chi connectivity index (χ1v) is 6.84. The number of aryl methyl sites for hydroxylation is 1. The predicted octanol–water partition coefficient (Wildman–Crippen LogP) is 1.71. The molecule has 2 rings (SSSR count). The van der Waals surface area contributed by atoms with Gasteiger partial charge in [-0.3, -0.25) is 0 Å². The van der Waals surface area contributed by atoms with Crippen molar-refractivity contribution in [3.05, 3.63) is 11.6 Å². The van der Waals surface area contributed by atoms with Gasteiger partial charge in [0.15, 0.2) is 11.6 Å². The minimum absolute atomic E-state index is 0.301. The van der Waals surface area contributed by atoms with Crippen molar-refractivity contribution in [2.24, 2.45) is 7.05 Å². The zero-order valence-electron chi connectivity index (χ0n) is 13.3. The lowest BCUT2D eigenvalue weighted by molar-refractivity contribution is 0.452. The summed E-state index contributed by atoms with van der Waals surface area (Å²) in [6.45, 7) is 12.3. The standard InChI is InChI=1S/C7H14N4.C5H10N4/c1-5(2)7-8-10-11(9-7)6(3)4;1-4(2)5-6-7-8-9(5)3/h5-6H,1-4H3;4H,1-3H3. The summed E-state index contributed by atoms with van der Waals surface area (Å²) in [4.78, 5) is 1.63. The molecule has 2 aromatic heterocycles. The van der Waals surface area contributed by atoms with Crippen LogP contribution in [0.4, 0.5) is 0 Å². The van der Waals surface area contributed by atoms with Gasteiger partial charge in [-0.15, -0.1) is 15.3 Å². The second-order valence-electron chi connectivity index (χ2n) is 5.53. The highest BCUT2D eigenvalue weighted by Gasteiger charge is 2.07. The summed E-state index contributed by atoms with van der Waals surface area (Å²) in [5.41, 5.74) is 0. The molecule has 20 heavy (non-hydrogen) atoms. The van der Waals surface area contributed by atoms with Crippen LogP contribution in [0.2, 0.25) is 0 Å². The predicted molar refractivity (Wildman–Crippen MR) is 75.2 cm³/mol. The van der Waals surface area contributed by atoms with Gasteiger partial charge in [0.05, 0.1) is 6.04 Å². The number of hydrogen-bond acceptors (Lipinski definition) is 6. The van der Waals surface area contributed by atoms with E-state index in [9.17, 15) is 0 Å². The van der Waals surface area contributed by atoms with Crippen molar-refractivity contribution < 1.29 is 0 Å². The summed E-state index contributed by atoms with van der Waals surface area (Å²) in [6.07, 6.45) is 0. The Kier molecular flexibility index (Phi) is 5.72. The molecule has 8 nitrogen and oxygen atoms in total. The molecule has 0 radical (unpaired) electrons. The molecule has 2 heterocycles. The molecule has 0 spiro atoms. The Hall–Kier alpha value is -1.86. The minimum atomic E-state index is 0.301. The SMILES string of the molecule is CC(C)c1nnn(C(C)C)n1.CC(C)c1nnnn1C. The van der Waals surface area contributed by atoms with Crippen molar-refractivity contribution in [2.75, 3.05) is 0 Å². The van der Waals surface area contributed by atoms with Gasteiger partial charge in [0.2, 0.25) is 0 Å². The van der Waals surface area contributed by atoms with E-state index in [1.54, 1.807) is 9.48 Å². The van der Waals surface area contributed by atoms with E-state index >= 15 is 0 Å². The third-order valence-electron chi connectivity index (χ3n) is 2.59. The zero-order valence-corrected chi connectivity index (χ0v) is 13.3. The van der Waals surface area contributed by atoms with Crippen molar-refractivity contribution in [3.63, 3.8) is 0 Å². The average Bonchev–Trinajstić information content (AvgIpc) is 2.97. The number of rotatable bonds is 3. The average molecular weight is 280 g/mol. The Balaban J connectivity index is 0.000000204. The summed E-state index contributed by atoms with van der Waals surface area (Å²) in [7, 11) is 1.84. The number of nitrogens with zero attached hydrogens (tertiary/aromatic N) is 8. The van der Waals surface area contributed by atoms with E-state index in [1.807, 2.05) is 20.9 Å². The lowest BCUT2D eigenvalue weighted by atomic mass is 10.2.